The zero-order valence-electron chi connectivity index (χ0n) is 13.4. The van der Waals surface area contributed by atoms with Crippen molar-refractivity contribution in [1.29, 1.82) is 0 Å². The normalized spacial score (nSPS) is 31.7. The third-order valence-electron chi connectivity index (χ3n) is 5.60. The summed E-state index contributed by atoms with van der Waals surface area (Å²) < 4.78 is 5.94. The number of aromatic nitrogens is 1. The van der Waals surface area contributed by atoms with Gasteiger partial charge in [0.05, 0.1) is 12.2 Å². The Bertz CT molecular complexity index is 770. The van der Waals surface area contributed by atoms with E-state index in [1.54, 1.807) is 17.5 Å². The molecular weight excluding hydrogens is 322 g/mol. The molecule has 0 N–H and O–H groups in total. The van der Waals surface area contributed by atoms with Crippen molar-refractivity contribution in [3.63, 3.8) is 0 Å². The lowest BCUT2D eigenvalue weighted by atomic mass is 9.75. The molecule has 4 aliphatic heterocycles. The fourth-order valence-corrected chi connectivity index (χ4v) is 5.23. The molecule has 124 valence electrons. The van der Waals surface area contributed by atoms with Crippen molar-refractivity contribution in [3.8, 4) is 10.4 Å². The largest absolute Gasteiger partial charge is 0.439 e. The van der Waals surface area contributed by atoms with E-state index in [4.69, 9.17) is 4.74 Å². The summed E-state index contributed by atoms with van der Waals surface area (Å²) in [5.41, 5.74) is 1.72. The predicted molar refractivity (Wildman–Crippen MR) is 93.3 cm³/mol. The first-order chi connectivity index (χ1) is 11.7. The number of ether oxygens (including phenoxy) is 1. The standard InChI is InChI=1S/C18H19N3O2S/c22-17-21(12-18(23-17)11-20-6-3-14(18)4-7-20)15-8-16(24-10-15)13-2-1-5-19-9-13/h1-2,5,8-10,14H,3-4,6-7,11-12H2. The Morgan fingerprint density at radius 1 is 1.29 bits per heavy atom. The summed E-state index contributed by atoms with van der Waals surface area (Å²) in [7, 11) is 0. The number of carbonyl (C=O) groups is 1. The third kappa shape index (κ3) is 2.17. The number of piperidine rings is 3. The number of rotatable bonds is 2. The van der Waals surface area contributed by atoms with Gasteiger partial charge in [0.15, 0.2) is 0 Å². The second-order valence-electron chi connectivity index (χ2n) is 6.98. The molecule has 6 rings (SSSR count). The maximum absolute atomic E-state index is 12.5. The summed E-state index contributed by atoms with van der Waals surface area (Å²) in [4.78, 5) is 22.1. The molecule has 2 aromatic rings. The van der Waals surface area contributed by atoms with Crippen LogP contribution >= 0.6 is 11.3 Å². The average molecular weight is 341 g/mol. The Labute approximate surface area is 144 Å². The van der Waals surface area contributed by atoms with Gasteiger partial charge < -0.3 is 4.74 Å². The molecule has 0 radical (unpaired) electrons. The molecule has 4 fully saturated rings. The fraction of sp³-hybridized carbons (Fsp3) is 0.444. The van der Waals surface area contributed by atoms with Crippen LogP contribution in [-0.2, 0) is 4.74 Å². The second kappa shape index (κ2) is 5.29. The van der Waals surface area contributed by atoms with Gasteiger partial charge in [0.2, 0.25) is 0 Å². The molecule has 0 saturated carbocycles. The van der Waals surface area contributed by atoms with Crippen LogP contribution < -0.4 is 4.90 Å². The molecule has 1 amide bonds. The molecule has 4 aliphatic rings. The van der Waals surface area contributed by atoms with Gasteiger partial charge >= 0.3 is 6.09 Å². The summed E-state index contributed by atoms with van der Waals surface area (Å²) in [5, 5.41) is 2.05. The van der Waals surface area contributed by atoms with Crippen LogP contribution in [0.1, 0.15) is 12.8 Å². The molecule has 6 heteroatoms. The van der Waals surface area contributed by atoms with Crippen LogP contribution in [0.15, 0.2) is 36.0 Å². The zero-order chi connectivity index (χ0) is 16.1. The number of fused-ring (bicyclic) bond motifs is 2. The van der Waals surface area contributed by atoms with Gasteiger partial charge in [-0.1, -0.05) is 6.07 Å². The first kappa shape index (κ1) is 14.4. The number of hydrogen-bond acceptors (Lipinski definition) is 5. The van der Waals surface area contributed by atoms with Crippen LogP contribution in [0.25, 0.3) is 10.4 Å². The molecule has 2 bridgehead atoms. The van der Waals surface area contributed by atoms with E-state index in [-0.39, 0.29) is 11.7 Å². The van der Waals surface area contributed by atoms with E-state index in [2.05, 4.69) is 16.0 Å². The van der Waals surface area contributed by atoms with E-state index in [0.717, 1.165) is 48.6 Å². The van der Waals surface area contributed by atoms with Crippen molar-refractivity contribution in [2.75, 3.05) is 31.1 Å². The van der Waals surface area contributed by atoms with Crippen molar-refractivity contribution in [2.24, 2.45) is 5.92 Å². The lowest BCUT2D eigenvalue weighted by Gasteiger charge is -2.49. The van der Waals surface area contributed by atoms with Gasteiger partial charge in [-0.15, -0.1) is 11.3 Å². The van der Waals surface area contributed by atoms with E-state index < -0.39 is 0 Å². The SMILES string of the molecule is O=C1OC2(CN3CCC2CC3)CN1c1csc(-c2cccnc2)c1. The van der Waals surface area contributed by atoms with Gasteiger partial charge in [0, 0.05) is 40.7 Å². The molecule has 1 spiro atoms. The number of anilines is 1. The van der Waals surface area contributed by atoms with Crippen LogP contribution in [0.3, 0.4) is 0 Å². The monoisotopic (exact) mass is 341 g/mol. The highest BCUT2D eigenvalue weighted by atomic mass is 32.1. The highest BCUT2D eigenvalue weighted by molar-refractivity contribution is 7.14. The topological polar surface area (TPSA) is 45.7 Å². The molecule has 24 heavy (non-hydrogen) atoms. The summed E-state index contributed by atoms with van der Waals surface area (Å²) >= 11 is 1.64. The maximum atomic E-state index is 12.5. The quantitative estimate of drug-likeness (QED) is 0.841. The highest BCUT2D eigenvalue weighted by Gasteiger charge is 2.55. The molecule has 6 heterocycles. The minimum atomic E-state index is -0.302. The van der Waals surface area contributed by atoms with E-state index in [1.807, 2.05) is 28.6 Å². The van der Waals surface area contributed by atoms with Crippen LogP contribution in [0.4, 0.5) is 10.5 Å². The maximum Gasteiger partial charge on any atom is 0.415 e. The van der Waals surface area contributed by atoms with Crippen molar-refractivity contribution in [3.05, 3.63) is 36.0 Å². The van der Waals surface area contributed by atoms with Crippen molar-refractivity contribution in [2.45, 2.75) is 18.4 Å². The Balaban J connectivity index is 1.42. The zero-order valence-corrected chi connectivity index (χ0v) is 14.2. The van der Waals surface area contributed by atoms with Crippen molar-refractivity contribution >= 4 is 23.1 Å². The number of nitrogens with zero attached hydrogens (tertiary/aromatic N) is 3. The molecule has 1 atom stereocenters. The van der Waals surface area contributed by atoms with Crippen LogP contribution in [0.5, 0.6) is 0 Å². The fourth-order valence-electron chi connectivity index (χ4n) is 4.34. The molecule has 0 aliphatic carbocycles. The second-order valence-corrected chi connectivity index (χ2v) is 7.89. The minimum Gasteiger partial charge on any atom is -0.439 e. The molecule has 2 aromatic heterocycles. The first-order valence-corrected chi connectivity index (χ1v) is 9.33. The van der Waals surface area contributed by atoms with Gasteiger partial charge in [-0.2, -0.15) is 0 Å². The number of pyridine rings is 1. The van der Waals surface area contributed by atoms with Gasteiger partial charge in [-0.3, -0.25) is 14.8 Å². The smallest absolute Gasteiger partial charge is 0.415 e. The minimum absolute atomic E-state index is 0.195. The third-order valence-corrected chi connectivity index (χ3v) is 6.57. The Morgan fingerprint density at radius 3 is 2.88 bits per heavy atom. The Hall–Kier alpha value is -1.92. The molecular formula is C18H19N3O2S. The van der Waals surface area contributed by atoms with Crippen molar-refractivity contribution in [1.82, 2.24) is 9.88 Å². The van der Waals surface area contributed by atoms with Crippen LogP contribution in [-0.4, -0.2) is 47.8 Å². The number of thiophene rings is 1. The van der Waals surface area contributed by atoms with E-state index in [0.29, 0.717) is 12.5 Å². The molecule has 5 nitrogen and oxygen atoms in total. The summed E-state index contributed by atoms with van der Waals surface area (Å²) in [5.74, 6) is 0.507. The lowest BCUT2D eigenvalue weighted by Crippen LogP contribution is -2.61. The van der Waals surface area contributed by atoms with E-state index in [1.165, 1.54) is 0 Å². The molecule has 1 unspecified atom stereocenters. The van der Waals surface area contributed by atoms with E-state index in [9.17, 15) is 4.79 Å². The van der Waals surface area contributed by atoms with Crippen LogP contribution in [0.2, 0.25) is 0 Å². The van der Waals surface area contributed by atoms with Gasteiger partial charge in [-0.25, -0.2) is 4.79 Å². The summed E-state index contributed by atoms with van der Waals surface area (Å²) in [6.45, 7) is 3.86. The summed E-state index contributed by atoms with van der Waals surface area (Å²) in [6, 6.07) is 6.05. The highest BCUT2D eigenvalue weighted by Crippen LogP contribution is 2.44. The van der Waals surface area contributed by atoms with Gasteiger partial charge in [0.1, 0.15) is 5.60 Å². The number of hydrogen-bond donors (Lipinski definition) is 0. The van der Waals surface area contributed by atoms with E-state index >= 15 is 0 Å². The predicted octanol–water partition coefficient (Wildman–Crippen LogP) is 3.23. The molecule has 0 aromatic carbocycles. The Kier molecular flexibility index (Phi) is 3.18. The number of carbonyl (C=O) groups excluding carboxylic acids is 1. The first-order valence-electron chi connectivity index (χ1n) is 8.45. The average Bonchev–Trinajstić information content (AvgIpc) is 3.22. The Morgan fingerprint density at radius 2 is 2.17 bits per heavy atom. The van der Waals surface area contributed by atoms with Crippen LogP contribution in [0, 0.1) is 5.92 Å². The van der Waals surface area contributed by atoms with Gasteiger partial charge in [0.25, 0.3) is 0 Å². The van der Waals surface area contributed by atoms with Gasteiger partial charge in [-0.05, 0) is 38.1 Å². The molecule has 4 saturated heterocycles. The summed E-state index contributed by atoms with van der Waals surface area (Å²) in [6.07, 6.45) is 5.72. The lowest BCUT2D eigenvalue weighted by molar-refractivity contribution is -0.0881. The number of amides is 1. The van der Waals surface area contributed by atoms with Crippen molar-refractivity contribution < 1.29 is 9.53 Å².